The molecule has 0 unspecified atom stereocenters. The van der Waals surface area contributed by atoms with Gasteiger partial charge < -0.3 is 4.74 Å². The molecule has 1 heterocycles. The van der Waals surface area contributed by atoms with E-state index >= 15 is 0 Å². The van der Waals surface area contributed by atoms with Crippen LogP contribution in [0, 0.1) is 0 Å². The summed E-state index contributed by atoms with van der Waals surface area (Å²) in [6, 6.07) is 10.1. The molecule has 1 aromatic carbocycles. The highest BCUT2D eigenvalue weighted by molar-refractivity contribution is 5.85. The van der Waals surface area contributed by atoms with E-state index in [1.165, 1.54) is 0 Å². The first-order valence-electron chi connectivity index (χ1n) is 4.30. The van der Waals surface area contributed by atoms with Crippen LogP contribution in [0.1, 0.15) is 11.6 Å². The van der Waals surface area contributed by atoms with E-state index in [9.17, 15) is 4.79 Å². The number of morpholine rings is 1. The highest BCUT2D eigenvalue weighted by atomic mass is 35.5. The number of ether oxygens (including phenoxy) is 1. The molecule has 0 bridgehead atoms. The van der Waals surface area contributed by atoms with Crippen molar-refractivity contribution in [3.63, 3.8) is 0 Å². The molecule has 2 rings (SSSR count). The smallest absolute Gasteiger partial charge is 0.320 e. The van der Waals surface area contributed by atoms with Crippen LogP contribution in [0.3, 0.4) is 0 Å². The second-order valence-corrected chi connectivity index (χ2v) is 3.03. The summed E-state index contributed by atoms with van der Waals surface area (Å²) in [4.78, 5) is 10.8. The molecule has 1 saturated heterocycles. The molecule has 0 amide bonds. The molecule has 4 heteroatoms. The van der Waals surface area contributed by atoms with Crippen LogP contribution < -0.4 is 5.32 Å². The third kappa shape index (κ3) is 2.47. The van der Waals surface area contributed by atoms with Crippen molar-refractivity contribution in [3.05, 3.63) is 35.9 Å². The van der Waals surface area contributed by atoms with Gasteiger partial charge in [0.15, 0.2) is 0 Å². The summed E-state index contributed by atoms with van der Waals surface area (Å²) in [6.45, 7) is 0.738. The molecule has 0 radical (unpaired) electrons. The van der Waals surface area contributed by atoms with Gasteiger partial charge in [-0.05, 0) is 5.56 Å². The topological polar surface area (TPSA) is 38.3 Å². The molecule has 0 saturated carbocycles. The molecule has 1 aromatic rings. The Labute approximate surface area is 88.9 Å². The quantitative estimate of drug-likeness (QED) is 0.715. The maximum atomic E-state index is 10.8. The minimum atomic E-state index is -0.174. The fraction of sp³-hybridized carbons (Fsp3) is 0.300. The summed E-state index contributed by atoms with van der Waals surface area (Å²) < 4.78 is 4.94. The predicted molar refractivity (Wildman–Crippen MR) is 55.4 cm³/mol. The molecule has 0 aliphatic carbocycles. The Kier molecular flexibility index (Phi) is 3.92. The summed E-state index contributed by atoms with van der Waals surface area (Å²) in [5.41, 5.74) is 1.16. The van der Waals surface area contributed by atoms with Crippen LogP contribution in [0.2, 0.25) is 0 Å². The van der Waals surface area contributed by atoms with Crippen LogP contribution in [-0.2, 0) is 9.53 Å². The SMILES string of the molecule is Cl.O=C1CN[C@H](c2ccccc2)CO1. The minimum absolute atomic E-state index is 0. The molecule has 1 aliphatic heterocycles. The maximum absolute atomic E-state index is 10.8. The predicted octanol–water partition coefficient (Wildman–Crippen LogP) is 1.30. The molecule has 3 nitrogen and oxygen atoms in total. The van der Waals surface area contributed by atoms with Gasteiger partial charge in [-0.15, -0.1) is 12.4 Å². The van der Waals surface area contributed by atoms with Gasteiger partial charge in [-0.1, -0.05) is 30.3 Å². The maximum Gasteiger partial charge on any atom is 0.320 e. The van der Waals surface area contributed by atoms with Gasteiger partial charge in [0.25, 0.3) is 0 Å². The Bertz CT molecular complexity index is 292. The van der Waals surface area contributed by atoms with Crippen LogP contribution in [-0.4, -0.2) is 19.1 Å². The number of hydrogen-bond acceptors (Lipinski definition) is 3. The minimum Gasteiger partial charge on any atom is -0.463 e. The molecule has 1 fully saturated rings. The van der Waals surface area contributed by atoms with Gasteiger partial charge >= 0.3 is 5.97 Å². The number of cyclic esters (lactones) is 1. The lowest BCUT2D eigenvalue weighted by molar-refractivity contribution is -0.147. The Balaban J connectivity index is 0.000000980. The van der Waals surface area contributed by atoms with Crippen LogP contribution >= 0.6 is 12.4 Å². The standard InChI is InChI=1S/C10H11NO2.ClH/c12-10-6-11-9(7-13-10)8-4-2-1-3-5-8;/h1-5,9,11H,6-7H2;1H/t9-;/m0./s1. The highest BCUT2D eigenvalue weighted by Crippen LogP contribution is 2.14. The molecule has 76 valence electrons. The van der Waals surface area contributed by atoms with E-state index < -0.39 is 0 Å². The first kappa shape index (κ1) is 11.0. The molecule has 14 heavy (non-hydrogen) atoms. The first-order valence-corrected chi connectivity index (χ1v) is 4.30. The Morgan fingerprint density at radius 2 is 2.00 bits per heavy atom. The molecule has 0 aromatic heterocycles. The van der Waals surface area contributed by atoms with Gasteiger partial charge in [0.1, 0.15) is 6.61 Å². The van der Waals surface area contributed by atoms with Gasteiger partial charge in [0.2, 0.25) is 0 Å². The lowest BCUT2D eigenvalue weighted by atomic mass is 10.1. The molecule has 0 spiro atoms. The number of rotatable bonds is 1. The largest absolute Gasteiger partial charge is 0.463 e. The van der Waals surface area contributed by atoms with Gasteiger partial charge in [0.05, 0.1) is 12.6 Å². The lowest BCUT2D eigenvalue weighted by Gasteiger charge is -2.23. The Morgan fingerprint density at radius 1 is 1.29 bits per heavy atom. The van der Waals surface area contributed by atoms with E-state index in [-0.39, 0.29) is 24.4 Å². The fourth-order valence-electron chi connectivity index (χ4n) is 1.39. The monoisotopic (exact) mass is 213 g/mol. The lowest BCUT2D eigenvalue weighted by Crippen LogP contribution is -2.38. The zero-order valence-corrected chi connectivity index (χ0v) is 8.42. The van der Waals surface area contributed by atoms with E-state index in [2.05, 4.69) is 5.32 Å². The zero-order valence-electron chi connectivity index (χ0n) is 7.60. The third-order valence-electron chi connectivity index (χ3n) is 2.11. The van der Waals surface area contributed by atoms with Crippen LogP contribution in [0.4, 0.5) is 0 Å². The van der Waals surface area contributed by atoms with Gasteiger partial charge in [-0.25, -0.2) is 0 Å². The van der Waals surface area contributed by atoms with Crippen LogP contribution in [0.5, 0.6) is 0 Å². The van der Waals surface area contributed by atoms with Crippen molar-refractivity contribution in [1.82, 2.24) is 5.32 Å². The van der Waals surface area contributed by atoms with Gasteiger partial charge in [-0.3, -0.25) is 10.1 Å². The first-order chi connectivity index (χ1) is 6.36. The van der Waals surface area contributed by atoms with Crippen molar-refractivity contribution in [1.29, 1.82) is 0 Å². The summed E-state index contributed by atoms with van der Waals surface area (Å²) >= 11 is 0. The van der Waals surface area contributed by atoms with E-state index in [0.29, 0.717) is 13.2 Å². The average Bonchev–Trinajstić information content (AvgIpc) is 2.20. The second kappa shape index (κ2) is 4.98. The van der Waals surface area contributed by atoms with Gasteiger partial charge in [0, 0.05) is 0 Å². The van der Waals surface area contributed by atoms with Crippen molar-refractivity contribution < 1.29 is 9.53 Å². The van der Waals surface area contributed by atoms with Crippen LogP contribution in [0.25, 0.3) is 0 Å². The molecule has 1 aliphatic rings. The molecular formula is C10H12ClNO2. The number of carbonyl (C=O) groups excluding carboxylic acids is 1. The number of benzene rings is 1. The zero-order chi connectivity index (χ0) is 9.10. The molecule has 1 atom stereocenters. The number of carbonyl (C=O) groups is 1. The summed E-state index contributed by atoms with van der Waals surface area (Å²) in [6.07, 6.45) is 0. The van der Waals surface area contributed by atoms with E-state index in [1.807, 2.05) is 30.3 Å². The van der Waals surface area contributed by atoms with E-state index in [4.69, 9.17) is 4.74 Å². The number of hydrogen-bond donors (Lipinski definition) is 1. The van der Waals surface area contributed by atoms with Crippen LogP contribution in [0.15, 0.2) is 30.3 Å². The van der Waals surface area contributed by atoms with Crippen molar-refractivity contribution in [2.45, 2.75) is 6.04 Å². The number of halogens is 1. The highest BCUT2D eigenvalue weighted by Gasteiger charge is 2.19. The summed E-state index contributed by atoms with van der Waals surface area (Å²) in [5.74, 6) is -0.174. The van der Waals surface area contributed by atoms with E-state index in [0.717, 1.165) is 5.56 Å². The third-order valence-corrected chi connectivity index (χ3v) is 2.11. The van der Waals surface area contributed by atoms with E-state index in [1.54, 1.807) is 0 Å². The van der Waals surface area contributed by atoms with Crippen molar-refractivity contribution in [2.24, 2.45) is 0 Å². The summed E-state index contributed by atoms with van der Waals surface area (Å²) in [7, 11) is 0. The second-order valence-electron chi connectivity index (χ2n) is 3.03. The number of nitrogens with one attached hydrogen (secondary N) is 1. The fourth-order valence-corrected chi connectivity index (χ4v) is 1.39. The number of esters is 1. The van der Waals surface area contributed by atoms with Gasteiger partial charge in [-0.2, -0.15) is 0 Å². The normalized spacial score (nSPS) is 20.9. The summed E-state index contributed by atoms with van der Waals surface area (Å²) in [5, 5.41) is 3.11. The average molecular weight is 214 g/mol. The Hall–Kier alpha value is -1.06. The van der Waals surface area contributed by atoms with Crippen molar-refractivity contribution in [2.75, 3.05) is 13.2 Å². The van der Waals surface area contributed by atoms with Crippen molar-refractivity contribution in [3.8, 4) is 0 Å². The molecular weight excluding hydrogens is 202 g/mol. The molecule has 1 N–H and O–H groups in total. The van der Waals surface area contributed by atoms with Crippen molar-refractivity contribution >= 4 is 18.4 Å². The Morgan fingerprint density at radius 3 is 2.57 bits per heavy atom.